The van der Waals surface area contributed by atoms with E-state index in [1.54, 1.807) is 6.92 Å². The summed E-state index contributed by atoms with van der Waals surface area (Å²) in [7, 11) is 0. The summed E-state index contributed by atoms with van der Waals surface area (Å²) in [5, 5.41) is 14.7. The minimum Gasteiger partial charge on any atom is -0.365 e. The summed E-state index contributed by atoms with van der Waals surface area (Å²) in [5.74, 6) is 0.514. The molecule has 1 aromatic carbocycles. The van der Waals surface area contributed by atoms with Crippen LogP contribution in [0.2, 0.25) is 0 Å². The third-order valence-corrected chi connectivity index (χ3v) is 5.43. The molecule has 1 heterocycles. The number of hydrogen-bond donors (Lipinski definition) is 2. The van der Waals surface area contributed by atoms with Crippen molar-refractivity contribution in [1.82, 2.24) is 0 Å². The average molecular weight is 380 g/mol. The summed E-state index contributed by atoms with van der Waals surface area (Å²) in [6, 6.07) is 0.179. The van der Waals surface area contributed by atoms with Crippen molar-refractivity contribution in [1.29, 1.82) is 0 Å². The molecule has 6 nitrogen and oxygen atoms in total. The van der Waals surface area contributed by atoms with Crippen molar-refractivity contribution >= 4 is 35.6 Å². The lowest BCUT2D eigenvalue weighted by Gasteiger charge is -2.29. The molecular formula is C19H29N3O3S. The van der Waals surface area contributed by atoms with Crippen molar-refractivity contribution in [2.24, 2.45) is 5.41 Å². The number of thiol groups is 1. The lowest BCUT2D eigenvalue weighted by Crippen LogP contribution is -2.35. The second-order valence-electron chi connectivity index (χ2n) is 8.00. The predicted octanol–water partition coefficient (Wildman–Crippen LogP) is 4.27. The monoisotopic (exact) mass is 379 g/mol. The number of benzene rings is 1. The van der Waals surface area contributed by atoms with Crippen LogP contribution in [-0.2, 0) is 11.2 Å². The normalized spacial score (nSPS) is 16.6. The molecule has 7 heteroatoms. The van der Waals surface area contributed by atoms with Crippen LogP contribution < -0.4 is 10.2 Å². The Bertz CT molecular complexity index is 741. The molecule has 1 unspecified atom stereocenters. The van der Waals surface area contributed by atoms with Crippen LogP contribution in [0.5, 0.6) is 0 Å². The molecule has 0 spiro atoms. The number of hydrogen-bond acceptors (Lipinski definition) is 5. The molecule has 1 aliphatic rings. The van der Waals surface area contributed by atoms with Crippen LogP contribution in [-0.4, -0.2) is 29.2 Å². The van der Waals surface area contributed by atoms with E-state index in [1.165, 1.54) is 0 Å². The Kier molecular flexibility index (Phi) is 5.90. The first-order valence-corrected chi connectivity index (χ1v) is 9.67. The fourth-order valence-electron chi connectivity index (χ4n) is 3.57. The molecule has 1 N–H and O–H groups in total. The van der Waals surface area contributed by atoms with E-state index in [1.807, 2.05) is 27.7 Å². The Hall–Kier alpha value is -1.76. The molecule has 0 saturated carbocycles. The summed E-state index contributed by atoms with van der Waals surface area (Å²) >= 11 is 4.49. The molecule has 144 valence electrons. The van der Waals surface area contributed by atoms with Crippen molar-refractivity contribution in [3.8, 4) is 0 Å². The predicted molar refractivity (Wildman–Crippen MR) is 110 cm³/mol. The van der Waals surface area contributed by atoms with Gasteiger partial charge in [-0.1, -0.05) is 27.7 Å². The minimum atomic E-state index is -0.587. The van der Waals surface area contributed by atoms with Crippen molar-refractivity contribution in [2.45, 2.75) is 60.4 Å². The molecule has 0 fully saturated rings. The summed E-state index contributed by atoms with van der Waals surface area (Å²) in [4.78, 5) is 26.3. The first kappa shape index (κ1) is 20.6. The first-order chi connectivity index (χ1) is 12.0. The highest BCUT2D eigenvalue weighted by atomic mass is 32.1. The summed E-state index contributed by atoms with van der Waals surface area (Å²) in [5.41, 5.74) is 3.20. The molecule has 1 aromatic rings. The molecule has 2 rings (SSSR count). The molecule has 26 heavy (non-hydrogen) atoms. The van der Waals surface area contributed by atoms with Gasteiger partial charge >= 0.3 is 0 Å². The fraction of sp³-hybridized carbons (Fsp3) is 0.632. The SMILES string of the molecule is CCCN1c2c(c(C)c([N+](=O)[O-])c(C)c2NC(=O)C(C)(C)C)CC1CS. The highest BCUT2D eigenvalue weighted by Gasteiger charge is 2.37. The number of rotatable bonds is 5. The Morgan fingerprint density at radius 2 is 1.96 bits per heavy atom. The number of nitro groups is 1. The number of amides is 1. The molecule has 0 bridgehead atoms. The quantitative estimate of drug-likeness (QED) is 0.455. The van der Waals surface area contributed by atoms with Crippen LogP contribution in [0, 0.1) is 29.4 Å². The average Bonchev–Trinajstić information content (AvgIpc) is 2.89. The van der Waals surface area contributed by atoms with Crippen LogP contribution in [0.4, 0.5) is 17.1 Å². The number of nitro benzene ring substituents is 1. The second-order valence-corrected chi connectivity index (χ2v) is 8.36. The van der Waals surface area contributed by atoms with Crippen molar-refractivity contribution in [3.05, 3.63) is 26.8 Å². The number of carbonyl (C=O) groups is 1. The summed E-state index contributed by atoms with van der Waals surface area (Å²) < 4.78 is 0. The number of anilines is 2. The zero-order valence-electron chi connectivity index (χ0n) is 16.5. The Morgan fingerprint density at radius 3 is 2.42 bits per heavy atom. The van der Waals surface area contributed by atoms with Gasteiger partial charge in [0.05, 0.1) is 21.9 Å². The minimum absolute atomic E-state index is 0.101. The Morgan fingerprint density at radius 1 is 1.35 bits per heavy atom. The lowest BCUT2D eigenvalue weighted by molar-refractivity contribution is -0.386. The van der Waals surface area contributed by atoms with Crippen LogP contribution in [0.3, 0.4) is 0 Å². The van der Waals surface area contributed by atoms with E-state index in [9.17, 15) is 14.9 Å². The Balaban J connectivity index is 2.73. The molecule has 1 atom stereocenters. The van der Waals surface area contributed by atoms with Gasteiger partial charge in [0.25, 0.3) is 5.69 Å². The van der Waals surface area contributed by atoms with E-state index in [-0.39, 0.29) is 22.6 Å². The summed E-state index contributed by atoms with van der Waals surface area (Å²) in [6.45, 7) is 12.0. The third-order valence-electron chi connectivity index (χ3n) is 5.01. The van der Waals surface area contributed by atoms with Gasteiger partial charge < -0.3 is 10.2 Å². The van der Waals surface area contributed by atoms with E-state index in [0.29, 0.717) is 29.0 Å². The zero-order valence-corrected chi connectivity index (χ0v) is 17.4. The molecule has 0 aromatic heterocycles. The Labute approximate surface area is 160 Å². The molecule has 0 saturated heterocycles. The second kappa shape index (κ2) is 7.47. The van der Waals surface area contributed by atoms with Crippen LogP contribution in [0.1, 0.15) is 50.8 Å². The number of carbonyl (C=O) groups excluding carboxylic acids is 1. The summed E-state index contributed by atoms with van der Waals surface area (Å²) in [6.07, 6.45) is 1.66. The van der Waals surface area contributed by atoms with Gasteiger partial charge in [-0.15, -0.1) is 0 Å². The van der Waals surface area contributed by atoms with E-state index in [2.05, 4.69) is 29.8 Å². The molecular weight excluding hydrogens is 350 g/mol. The van der Waals surface area contributed by atoms with Gasteiger partial charge in [0.15, 0.2) is 0 Å². The molecule has 0 aliphatic carbocycles. The van der Waals surface area contributed by atoms with Gasteiger partial charge in [-0.25, -0.2) is 0 Å². The van der Waals surface area contributed by atoms with Gasteiger partial charge in [0, 0.05) is 29.3 Å². The number of nitrogens with one attached hydrogen (secondary N) is 1. The number of nitrogens with zero attached hydrogens (tertiary/aromatic N) is 2. The maximum absolute atomic E-state index is 12.7. The first-order valence-electron chi connectivity index (χ1n) is 9.03. The highest BCUT2D eigenvalue weighted by Crippen LogP contribution is 2.47. The van der Waals surface area contributed by atoms with Crippen LogP contribution in [0.25, 0.3) is 0 Å². The van der Waals surface area contributed by atoms with E-state index in [4.69, 9.17) is 0 Å². The standard InChI is InChI=1S/C19H29N3O3S/c1-7-8-21-13(10-26)9-14-11(2)16(22(24)25)12(3)15(17(14)21)20-18(23)19(4,5)6/h13,26H,7-10H2,1-6H3,(H,20,23). The van der Waals surface area contributed by atoms with E-state index < -0.39 is 5.41 Å². The molecule has 0 radical (unpaired) electrons. The number of fused-ring (bicyclic) bond motifs is 1. The van der Waals surface area contributed by atoms with Crippen molar-refractivity contribution < 1.29 is 9.72 Å². The van der Waals surface area contributed by atoms with Gasteiger partial charge in [-0.3, -0.25) is 14.9 Å². The highest BCUT2D eigenvalue weighted by molar-refractivity contribution is 7.80. The maximum Gasteiger partial charge on any atom is 0.277 e. The van der Waals surface area contributed by atoms with Crippen molar-refractivity contribution in [2.75, 3.05) is 22.5 Å². The van der Waals surface area contributed by atoms with Gasteiger partial charge in [0.1, 0.15) is 0 Å². The van der Waals surface area contributed by atoms with Gasteiger partial charge in [-0.05, 0) is 32.3 Å². The van der Waals surface area contributed by atoms with E-state index >= 15 is 0 Å². The largest absolute Gasteiger partial charge is 0.365 e. The zero-order chi connectivity index (χ0) is 19.8. The lowest BCUT2D eigenvalue weighted by atomic mass is 9.93. The van der Waals surface area contributed by atoms with Crippen molar-refractivity contribution in [3.63, 3.8) is 0 Å². The van der Waals surface area contributed by atoms with E-state index in [0.717, 1.165) is 24.2 Å². The molecule has 1 amide bonds. The topological polar surface area (TPSA) is 75.5 Å². The maximum atomic E-state index is 12.7. The third kappa shape index (κ3) is 3.54. The smallest absolute Gasteiger partial charge is 0.277 e. The van der Waals surface area contributed by atoms with Gasteiger partial charge in [-0.2, -0.15) is 12.6 Å². The van der Waals surface area contributed by atoms with Crippen LogP contribution in [0.15, 0.2) is 0 Å². The van der Waals surface area contributed by atoms with Gasteiger partial charge in [0.2, 0.25) is 5.91 Å². The molecule has 1 aliphatic heterocycles. The fourth-order valence-corrected chi connectivity index (χ4v) is 3.90. The van der Waals surface area contributed by atoms with Crippen LogP contribution >= 0.6 is 12.6 Å².